The summed E-state index contributed by atoms with van der Waals surface area (Å²) in [5.74, 6) is 1.74. The number of hydrogen-bond acceptors (Lipinski definition) is 4. The fourth-order valence-electron chi connectivity index (χ4n) is 3.52. The van der Waals surface area contributed by atoms with Gasteiger partial charge in [0.25, 0.3) is 0 Å². The number of piperidine rings is 1. The Morgan fingerprint density at radius 3 is 2.68 bits per heavy atom. The van der Waals surface area contributed by atoms with E-state index in [1.165, 1.54) is 31.5 Å². The molecule has 2 heterocycles. The largest absolute Gasteiger partial charge is 0.330 e. The van der Waals surface area contributed by atoms with Crippen LogP contribution in [0, 0.1) is 5.92 Å². The SMILES string of the molecule is CN(c1ccccc1)c1ccc(CN2CCCC(CCN)C2)cn1.Cl. The smallest absolute Gasteiger partial charge is 0.132 e. The average molecular weight is 361 g/mol. The highest BCUT2D eigenvalue weighted by Crippen LogP contribution is 2.23. The van der Waals surface area contributed by atoms with Crippen LogP contribution in [0.4, 0.5) is 11.5 Å². The Hall–Kier alpha value is -1.62. The second kappa shape index (κ2) is 9.76. The molecule has 1 aliphatic heterocycles. The number of pyridine rings is 1. The van der Waals surface area contributed by atoms with Crippen LogP contribution in [0.25, 0.3) is 0 Å². The van der Waals surface area contributed by atoms with Gasteiger partial charge in [-0.15, -0.1) is 12.4 Å². The minimum atomic E-state index is 0. The molecule has 136 valence electrons. The number of aromatic nitrogens is 1. The maximum absolute atomic E-state index is 5.72. The Balaban J connectivity index is 0.00000225. The zero-order valence-electron chi connectivity index (χ0n) is 15.0. The first-order valence-electron chi connectivity index (χ1n) is 8.92. The lowest BCUT2D eigenvalue weighted by Crippen LogP contribution is -2.35. The second-order valence-corrected chi connectivity index (χ2v) is 6.74. The molecule has 0 amide bonds. The third-order valence-corrected chi connectivity index (χ3v) is 4.88. The minimum absolute atomic E-state index is 0. The molecule has 1 aromatic carbocycles. The van der Waals surface area contributed by atoms with E-state index < -0.39 is 0 Å². The molecule has 1 aliphatic rings. The van der Waals surface area contributed by atoms with Gasteiger partial charge in [-0.1, -0.05) is 24.3 Å². The van der Waals surface area contributed by atoms with Gasteiger partial charge in [0.1, 0.15) is 5.82 Å². The molecule has 4 nitrogen and oxygen atoms in total. The van der Waals surface area contributed by atoms with Crippen molar-refractivity contribution in [1.82, 2.24) is 9.88 Å². The Labute approximate surface area is 157 Å². The van der Waals surface area contributed by atoms with E-state index in [1.807, 2.05) is 24.4 Å². The van der Waals surface area contributed by atoms with E-state index >= 15 is 0 Å². The Morgan fingerprint density at radius 2 is 2.00 bits per heavy atom. The fraction of sp³-hybridized carbons (Fsp3) is 0.450. The quantitative estimate of drug-likeness (QED) is 0.850. The van der Waals surface area contributed by atoms with Gasteiger partial charge in [0.2, 0.25) is 0 Å². The first-order chi connectivity index (χ1) is 11.8. The molecule has 0 saturated carbocycles. The highest BCUT2D eigenvalue weighted by Gasteiger charge is 2.19. The van der Waals surface area contributed by atoms with Crippen LogP contribution in [0.1, 0.15) is 24.8 Å². The van der Waals surface area contributed by atoms with E-state index in [0.29, 0.717) is 0 Å². The van der Waals surface area contributed by atoms with Crippen LogP contribution in [0.5, 0.6) is 0 Å². The Kier molecular flexibility index (Phi) is 7.69. The maximum atomic E-state index is 5.72. The van der Waals surface area contributed by atoms with Crippen molar-refractivity contribution in [2.24, 2.45) is 11.7 Å². The van der Waals surface area contributed by atoms with Gasteiger partial charge < -0.3 is 10.6 Å². The predicted molar refractivity (Wildman–Crippen MR) is 108 cm³/mol. The third-order valence-electron chi connectivity index (χ3n) is 4.88. The van der Waals surface area contributed by atoms with Crippen LogP contribution in [-0.2, 0) is 6.54 Å². The van der Waals surface area contributed by atoms with Crippen molar-refractivity contribution < 1.29 is 0 Å². The highest BCUT2D eigenvalue weighted by molar-refractivity contribution is 5.85. The van der Waals surface area contributed by atoms with Crippen molar-refractivity contribution in [3.63, 3.8) is 0 Å². The molecule has 1 aromatic heterocycles. The highest BCUT2D eigenvalue weighted by atomic mass is 35.5. The summed E-state index contributed by atoms with van der Waals surface area (Å²) in [6.07, 6.45) is 5.77. The summed E-state index contributed by atoms with van der Waals surface area (Å²) >= 11 is 0. The molecule has 0 radical (unpaired) electrons. The molecule has 0 aliphatic carbocycles. The molecule has 1 saturated heterocycles. The zero-order valence-corrected chi connectivity index (χ0v) is 15.8. The molecule has 1 fully saturated rings. The van der Waals surface area contributed by atoms with E-state index in [0.717, 1.165) is 36.9 Å². The lowest BCUT2D eigenvalue weighted by Gasteiger charge is -2.32. The van der Waals surface area contributed by atoms with Crippen LogP contribution in [-0.4, -0.2) is 36.6 Å². The summed E-state index contributed by atoms with van der Waals surface area (Å²) in [6, 6.07) is 14.6. The number of nitrogens with two attached hydrogens (primary N) is 1. The van der Waals surface area contributed by atoms with Gasteiger partial charge in [0.05, 0.1) is 0 Å². The molecular weight excluding hydrogens is 332 g/mol. The van der Waals surface area contributed by atoms with Gasteiger partial charge in [0, 0.05) is 32.0 Å². The number of anilines is 2. The van der Waals surface area contributed by atoms with E-state index in [4.69, 9.17) is 5.73 Å². The standard InChI is InChI=1S/C20H28N4.ClH/c1-23(19-7-3-2-4-8-19)20-10-9-18(14-22-20)16-24-13-5-6-17(15-24)11-12-21;/h2-4,7-10,14,17H,5-6,11-13,15-16,21H2,1H3;1H. The average Bonchev–Trinajstić information content (AvgIpc) is 2.63. The molecule has 2 N–H and O–H groups in total. The number of para-hydroxylation sites is 1. The second-order valence-electron chi connectivity index (χ2n) is 6.74. The topological polar surface area (TPSA) is 45.4 Å². The minimum Gasteiger partial charge on any atom is -0.330 e. The van der Waals surface area contributed by atoms with Crippen LogP contribution in [0.2, 0.25) is 0 Å². The molecule has 25 heavy (non-hydrogen) atoms. The zero-order chi connectivity index (χ0) is 16.8. The van der Waals surface area contributed by atoms with Gasteiger partial charge in [0.15, 0.2) is 0 Å². The molecule has 2 aromatic rings. The lowest BCUT2D eigenvalue weighted by atomic mass is 9.94. The number of nitrogens with zero attached hydrogens (tertiary/aromatic N) is 3. The summed E-state index contributed by atoms with van der Waals surface area (Å²) in [5, 5.41) is 0. The van der Waals surface area contributed by atoms with E-state index in [9.17, 15) is 0 Å². The van der Waals surface area contributed by atoms with E-state index in [-0.39, 0.29) is 12.4 Å². The number of likely N-dealkylation sites (tertiary alicyclic amines) is 1. The number of rotatable bonds is 6. The number of benzene rings is 1. The fourth-order valence-corrected chi connectivity index (χ4v) is 3.52. The van der Waals surface area contributed by atoms with E-state index in [2.05, 4.69) is 46.1 Å². The van der Waals surface area contributed by atoms with Crippen molar-refractivity contribution in [2.75, 3.05) is 31.6 Å². The van der Waals surface area contributed by atoms with Gasteiger partial charge in [-0.25, -0.2) is 4.98 Å². The van der Waals surface area contributed by atoms with Crippen LogP contribution in [0.15, 0.2) is 48.7 Å². The van der Waals surface area contributed by atoms with Crippen molar-refractivity contribution in [2.45, 2.75) is 25.8 Å². The summed E-state index contributed by atoms with van der Waals surface area (Å²) in [6.45, 7) is 4.15. The van der Waals surface area contributed by atoms with Gasteiger partial charge in [-0.05, 0) is 62.0 Å². The molecule has 1 atom stereocenters. The first-order valence-corrected chi connectivity index (χ1v) is 8.92. The van der Waals surface area contributed by atoms with Crippen molar-refractivity contribution in [3.8, 4) is 0 Å². The van der Waals surface area contributed by atoms with Gasteiger partial charge in [-0.3, -0.25) is 4.90 Å². The molecule has 5 heteroatoms. The normalized spacial score (nSPS) is 17.8. The van der Waals surface area contributed by atoms with Gasteiger partial charge >= 0.3 is 0 Å². The summed E-state index contributed by atoms with van der Waals surface area (Å²) in [4.78, 5) is 9.31. The summed E-state index contributed by atoms with van der Waals surface area (Å²) < 4.78 is 0. The summed E-state index contributed by atoms with van der Waals surface area (Å²) in [5.41, 5.74) is 8.15. The van der Waals surface area contributed by atoms with Crippen molar-refractivity contribution in [1.29, 1.82) is 0 Å². The summed E-state index contributed by atoms with van der Waals surface area (Å²) in [7, 11) is 2.05. The number of halogens is 1. The van der Waals surface area contributed by atoms with Gasteiger partial charge in [-0.2, -0.15) is 0 Å². The molecule has 0 spiro atoms. The molecular formula is C20H29ClN4. The molecule has 1 unspecified atom stereocenters. The number of hydrogen-bond donors (Lipinski definition) is 1. The monoisotopic (exact) mass is 360 g/mol. The van der Waals surface area contributed by atoms with E-state index in [1.54, 1.807) is 0 Å². The third kappa shape index (κ3) is 5.43. The van der Waals surface area contributed by atoms with Crippen LogP contribution in [0.3, 0.4) is 0 Å². The van der Waals surface area contributed by atoms with Crippen molar-refractivity contribution in [3.05, 3.63) is 54.2 Å². The van der Waals surface area contributed by atoms with Crippen molar-refractivity contribution >= 4 is 23.9 Å². The first kappa shape index (κ1) is 19.7. The van der Waals surface area contributed by atoms with Crippen LogP contribution >= 0.6 is 12.4 Å². The molecule has 0 bridgehead atoms. The maximum Gasteiger partial charge on any atom is 0.132 e. The lowest BCUT2D eigenvalue weighted by molar-refractivity contribution is 0.163. The Morgan fingerprint density at radius 1 is 1.20 bits per heavy atom. The molecule has 3 rings (SSSR count). The predicted octanol–water partition coefficient (Wildman–Crippen LogP) is 3.83. The van der Waals surface area contributed by atoms with Crippen LogP contribution < -0.4 is 10.6 Å². The Bertz CT molecular complexity index is 615.